The Bertz CT molecular complexity index is 534. The van der Waals surface area contributed by atoms with Crippen LogP contribution in [0.4, 0.5) is 0 Å². The second-order valence-electron chi connectivity index (χ2n) is 5.25. The number of aliphatic hydroxyl groups is 1. The molecule has 0 saturated carbocycles. The first-order valence-corrected chi connectivity index (χ1v) is 6.33. The lowest BCUT2D eigenvalue weighted by Gasteiger charge is -2.22. The first-order valence-electron chi connectivity index (χ1n) is 6.33. The number of nitrogens with one attached hydrogen (secondary N) is 1. The van der Waals surface area contributed by atoms with Gasteiger partial charge < -0.3 is 10.4 Å². The molecule has 5 nitrogen and oxygen atoms in total. The molecule has 1 aromatic heterocycles. The highest BCUT2D eigenvalue weighted by Crippen LogP contribution is 2.20. The quantitative estimate of drug-likeness (QED) is 0.851. The highest BCUT2D eigenvalue weighted by molar-refractivity contribution is 5.60. The van der Waals surface area contributed by atoms with Gasteiger partial charge >= 0.3 is 0 Å². The highest BCUT2D eigenvalue weighted by atomic mass is 16.3. The van der Waals surface area contributed by atoms with E-state index in [0.29, 0.717) is 6.54 Å². The molecule has 2 N–H and O–H groups in total. The molecule has 1 heterocycles. The maximum absolute atomic E-state index is 9.26. The Labute approximate surface area is 113 Å². The average Bonchev–Trinajstić information content (AvgIpc) is 2.79. The summed E-state index contributed by atoms with van der Waals surface area (Å²) in [7, 11) is 1.81. The summed E-state index contributed by atoms with van der Waals surface area (Å²) in [5, 5.41) is 21.3. The van der Waals surface area contributed by atoms with Crippen molar-refractivity contribution in [1.82, 2.24) is 20.3 Å². The van der Waals surface area contributed by atoms with Gasteiger partial charge in [0.25, 0.3) is 0 Å². The van der Waals surface area contributed by atoms with Crippen LogP contribution in [0.1, 0.15) is 19.5 Å². The number of aromatic nitrogens is 3. The SMILES string of the molecule is Cn1nc(CNC(C)(C)CO)c(-c2ccccc2)n1. The number of benzene rings is 1. The minimum atomic E-state index is -0.328. The summed E-state index contributed by atoms with van der Waals surface area (Å²) < 4.78 is 0. The van der Waals surface area contributed by atoms with E-state index >= 15 is 0 Å². The number of aryl methyl sites for hydroxylation is 1. The summed E-state index contributed by atoms with van der Waals surface area (Å²) in [4.78, 5) is 1.57. The predicted molar refractivity (Wildman–Crippen MR) is 74.4 cm³/mol. The maximum Gasteiger partial charge on any atom is 0.117 e. The lowest BCUT2D eigenvalue weighted by molar-refractivity contribution is 0.187. The first kappa shape index (κ1) is 13.7. The second kappa shape index (κ2) is 5.50. The first-order chi connectivity index (χ1) is 9.02. The van der Waals surface area contributed by atoms with E-state index in [2.05, 4.69) is 15.5 Å². The lowest BCUT2D eigenvalue weighted by Crippen LogP contribution is -2.42. The van der Waals surface area contributed by atoms with Gasteiger partial charge in [-0.2, -0.15) is 15.0 Å². The molecule has 0 atom stereocenters. The van der Waals surface area contributed by atoms with Crippen molar-refractivity contribution in [3.8, 4) is 11.3 Å². The number of hydrogen-bond donors (Lipinski definition) is 2. The molecule has 5 heteroatoms. The average molecular weight is 260 g/mol. The Morgan fingerprint density at radius 2 is 1.89 bits per heavy atom. The Morgan fingerprint density at radius 3 is 2.53 bits per heavy atom. The summed E-state index contributed by atoms with van der Waals surface area (Å²) in [5.41, 5.74) is 2.49. The smallest absolute Gasteiger partial charge is 0.117 e. The van der Waals surface area contributed by atoms with E-state index in [9.17, 15) is 5.11 Å². The molecular weight excluding hydrogens is 240 g/mol. The van der Waals surface area contributed by atoms with Gasteiger partial charge in [-0.15, -0.1) is 0 Å². The summed E-state index contributed by atoms with van der Waals surface area (Å²) in [6, 6.07) is 9.99. The molecule has 0 aliphatic rings. The van der Waals surface area contributed by atoms with E-state index in [-0.39, 0.29) is 12.1 Å². The summed E-state index contributed by atoms with van der Waals surface area (Å²) >= 11 is 0. The Balaban J connectivity index is 2.22. The van der Waals surface area contributed by atoms with Crippen LogP contribution in [0.3, 0.4) is 0 Å². The molecule has 0 bridgehead atoms. The number of nitrogens with zero attached hydrogens (tertiary/aromatic N) is 3. The van der Waals surface area contributed by atoms with Crippen LogP contribution in [0.2, 0.25) is 0 Å². The zero-order valence-electron chi connectivity index (χ0n) is 11.6. The molecule has 0 radical (unpaired) electrons. The van der Waals surface area contributed by atoms with Crippen molar-refractivity contribution in [2.75, 3.05) is 6.61 Å². The van der Waals surface area contributed by atoms with Gasteiger partial charge in [-0.25, -0.2) is 0 Å². The minimum Gasteiger partial charge on any atom is -0.394 e. The third-order valence-corrected chi connectivity index (χ3v) is 2.96. The fraction of sp³-hybridized carbons (Fsp3) is 0.429. The van der Waals surface area contributed by atoms with Crippen LogP contribution in [-0.4, -0.2) is 32.2 Å². The third kappa shape index (κ3) is 3.39. The lowest BCUT2D eigenvalue weighted by atomic mass is 10.1. The van der Waals surface area contributed by atoms with Gasteiger partial charge in [0.1, 0.15) is 11.4 Å². The summed E-state index contributed by atoms with van der Waals surface area (Å²) in [6.07, 6.45) is 0. The monoisotopic (exact) mass is 260 g/mol. The molecule has 0 fully saturated rings. The molecule has 2 rings (SSSR count). The largest absolute Gasteiger partial charge is 0.394 e. The number of rotatable bonds is 5. The Morgan fingerprint density at radius 1 is 1.21 bits per heavy atom. The number of hydrogen-bond acceptors (Lipinski definition) is 4. The fourth-order valence-corrected chi connectivity index (χ4v) is 1.77. The molecular formula is C14H20N4O. The maximum atomic E-state index is 9.26. The van der Waals surface area contributed by atoms with Crippen LogP contribution < -0.4 is 5.32 Å². The van der Waals surface area contributed by atoms with E-state index in [1.54, 1.807) is 4.80 Å². The number of aliphatic hydroxyl groups excluding tert-OH is 1. The zero-order valence-corrected chi connectivity index (χ0v) is 11.6. The summed E-state index contributed by atoms with van der Waals surface area (Å²) in [5.74, 6) is 0. The van der Waals surface area contributed by atoms with Crippen molar-refractivity contribution in [3.05, 3.63) is 36.0 Å². The minimum absolute atomic E-state index is 0.0773. The highest BCUT2D eigenvalue weighted by Gasteiger charge is 2.18. The van der Waals surface area contributed by atoms with Gasteiger partial charge in [0, 0.05) is 24.7 Å². The van der Waals surface area contributed by atoms with Crippen molar-refractivity contribution in [2.24, 2.45) is 7.05 Å². The molecule has 19 heavy (non-hydrogen) atoms. The standard InChI is InChI=1S/C14H20N4O/c1-14(2,10-19)15-9-12-13(17-18(3)16-12)11-7-5-4-6-8-11/h4-8,15,19H,9-10H2,1-3H3. The van der Waals surface area contributed by atoms with Crippen molar-refractivity contribution in [1.29, 1.82) is 0 Å². The molecule has 0 aliphatic heterocycles. The van der Waals surface area contributed by atoms with Crippen molar-refractivity contribution in [2.45, 2.75) is 25.9 Å². The van der Waals surface area contributed by atoms with E-state index in [1.165, 1.54) is 0 Å². The van der Waals surface area contributed by atoms with Crippen molar-refractivity contribution in [3.63, 3.8) is 0 Å². The van der Waals surface area contributed by atoms with Crippen LogP contribution in [0, 0.1) is 0 Å². The fourth-order valence-electron chi connectivity index (χ4n) is 1.77. The normalized spacial score (nSPS) is 11.8. The van der Waals surface area contributed by atoms with Gasteiger partial charge in [0.2, 0.25) is 0 Å². The van der Waals surface area contributed by atoms with E-state index in [1.807, 2.05) is 51.2 Å². The topological polar surface area (TPSA) is 63.0 Å². The van der Waals surface area contributed by atoms with Crippen molar-refractivity contribution < 1.29 is 5.11 Å². The Kier molecular flexibility index (Phi) is 3.97. The van der Waals surface area contributed by atoms with Crippen LogP contribution in [0.15, 0.2) is 30.3 Å². The molecule has 1 aromatic carbocycles. The van der Waals surface area contributed by atoms with Crippen LogP contribution >= 0.6 is 0 Å². The van der Waals surface area contributed by atoms with Gasteiger partial charge in [0.15, 0.2) is 0 Å². The molecule has 0 amide bonds. The molecule has 0 saturated heterocycles. The molecule has 102 valence electrons. The third-order valence-electron chi connectivity index (χ3n) is 2.96. The summed E-state index contributed by atoms with van der Waals surface area (Å²) in [6.45, 7) is 4.55. The van der Waals surface area contributed by atoms with Crippen LogP contribution in [0.25, 0.3) is 11.3 Å². The zero-order chi connectivity index (χ0) is 13.9. The molecule has 0 spiro atoms. The van der Waals surface area contributed by atoms with Crippen molar-refractivity contribution >= 4 is 0 Å². The predicted octanol–water partition coefficient (Wildman–Crippen LogP) is 1.34. The Hall–Kier alpha value is -1.72. The van der Waals surface area contributed by atoms with Gasteiger partial charge in [-0.1, -0.05) is 30.3 Å². The molecule has 0 unspecified atom stereocenters. The van der Waals surface area contributed by atoms with E-state index in [0.717, 1.165) is 17.0 Å². The van der Waals surface area contributed by atoms with Gasteiger partial charge in [-0.3, -0.25) is 0 Å². The second-order valence-corrected chi connectivity index (χ2v) is 5.25. The van der Waals surface area contributed by atoms with E-state index < -0.39 is 0 Å². The van der Waals surface area contributed by atoms with Crippen LogP contribution in [-0.2, 0) is 13.6 Å². The van der Waals surface area contributed by atoms with Gasteiger partial charge in [0.05, 0.1) is 6.61 Å². The van der Waals surface area contributed by atoms with Crippen LogP contribution in [0.5, 0.6) is 0 Å². The van der Waals surface area contributed by atoms with Gasteiger partial charge in [-0.05, 0) is 13.8 Å². The molecule has 2 aromatic rings. The van der Waals surface area contributed by atoms with E-state index in [4.69, 9.17) is 0 Å². The molecule has 0 aliphatic carbocycles.